The third-order valence-electron chi connectivity index (χ3n) is 2.06. The lowest BCUT2D eigenvalue weighted by atomic mass is 10.3. The molecule has 0 fully saturated rings. The zero-order valence-corrected chi connectivity index (χ0v) is 9.47. The van der Waals surface area contributed by atoms with E-state index >= 15 is 0 Å². The van der Waals surface area contributed by atoms with Gasteiger partial charge in [-0.3, -0.25) is 4.79 Å². The van der Waals surface area contributed by atoms with E-state index < -0.39 is 0 Å². The van der Waals surface area contributed by atoms with Gasteiger partial charge in [0.1, 0.15) is 0 Å². The molecule has 1 aliphatic rings. The van der Waals surface area contributed by atoms with Crippen LogP contribution in [0.25, 0.3) is 0 Å². The number of benzene rings is 1. The monoisotopic (exact) mass is 220 g/mol. The minimum Gasteiger partial charge on any atom is -0.349 e. The van der Waals surface area contributed by atoms with Crippen LogP contribution < -0.4 is 5.32 Å². The van der Waals surface area contributed by atoms with Gasteiger partial charge in [0.15, 0.2) is 0 Å². The fourth-order valence-corrected chi connectivity index (χ4v) is 2.18. The summed E-state index contributed by atoms with van der Waals surface area (Å²) in [6.45, 7) is 0. The molecule has 1 heterocycles. The van der Waals surface area contributed by atoms with Gasteiger partial charge in [0, 0.05) is 25.1 Å². The summed E-state index contributed by atoms with van der Waals surface area (Å²) in [6, 6.07) is 8.00. The smallest absolute Gasteiger partial charge is 0.248 e. The summed E-state index contributed by atoms with van der Waals surface area (Å²) in [6.07, 6.45) is 1.62. The van der Waals surface area contributed by atoms with Gasteiger partial charge in [0.25, 0.3) is 0 Å². The lowest BCUT2D eigenvalue weighted by molar-refractivity contribution is -0.123. The van der Waals surface area contributed by atoms with Crippen LogP contribution in [-0.2, 0) is 4.79 Å². The highest BCUT2D eigenvalue weighted by atomic mass is 32.2. The molecule has 0 unspecified atom stereocenters. The second kappa shape index (κ2) is 3.98. The van der Waals surface area contributed by atoms with Crippen molar-refractivity contribution in [2.75, 3.05) is 19.4 Å². The fourth-order valence-electron chi connectivity index (χ4n) is 1.24. The first-order chi connectivity index (χ1) is 7.16. The Balaban J connectivity index is 2.17. The van der Waals surface area contributed by atoms with Gasteiger partial charge >= 0.3 is 0 Å². The van der Waals surface area contributed by atoms with Gasteiger partial charge in [-0.15, -0.1) is 0 Å². The number of para-hydroxylation sites is 1. The van der Waals surface area contributed by atoms with Crippen LogP contribution in [0.2, 0.25) is 0 Å². The van der Waals surface area contributed by atoms with Crippen molar-refractivity contribution in [3.05, 3.63) is 35.4 Å². The van der Waals surface area contributed by atoms with Gasteiger partial charge in [0.05, 0.1) is 10.7 Å². The highest BCUT2D eigenvalue weighted by molar-refractivity contribution is 8.03. The van der Waals surface area contributed by atoms with Crippen molar-refractivity contribution >= 4 is 23.4 Å². The molecule has 0 spiro atoms. The van der Waals surface area contributed by atoms with E-state index in [1.807, 2.05) is 24.3 Å². The number of carbonyl (C=O) groups is 1. The predicted octanol–water partition coefficient (Wildman–Crippen LogP) is 2.13. The minimum atomic E-state index is -0.00203. The SMILES string of the molecule is CN(C)C(=O)/C=C1\Nc2ccccc2S1. The highest BCUT2D eigenvalue weighted by Gasteiger charge is 2.15. The number of hydrogen-bond acceptors (Lipinski definition) is 3. The van der Waals surface area contributed by atoms with Gasteiger partial charge in [0.2, 0.25) is 5.91 Å². The molecule has 3 nitrogen and oxygen atoms in total. The Morgan fingerprint density at radius 1 is 1.40 bits per heavy atom. The van der Waals surface area contributed by atoms with E-state index in [9.17, 15) is 4.79 Å². The molecule has 4 heteroatoms. The van der Waals surface area contributed by atoms with Crippen LogP contribution in [0, 0.1) is 0 Å². The first-order valence-corrected chi connectivity index (χ1v) is 5.45. The van der Waals surface area contributed by atoms with E-state index in [1.165, 1.54) is 0 Å². The standard InChI is InChI=1S/C11H12N2OS/c1-13(2)11(14)7-10-12-8-5-3-4-6-9(8)15-10/h3-7,12H,1-2H3/b10-7+. The van der Waals surface area contributed by atoms with E-state index in [0.717, 1.165) is 15.6 Å². The molecule has 2 rings (SSSR count). The Hall–Kier alpha value is -1.42. The molecular weight excluding hydrogens is 208 g/mol. The Bertz CT molecular complexity index is 399. The number of nitrogens with one attached hydrogen (secondary N) is 1. The van der Waals surface area contributed by atoms with Crippen LogP contribution in [0.3, 0.4) is 0 Å². The van der Waals surface area contributed by atoms with Gasteiger partial charge in [-0.25, -0.2) is 0 Å². The molecule has 0 aliphatic carbocycles. The van der Waals surface area contributed by atoms with Crippen LogP contribution in [0.5, 0.6) is 0 Å². The number of carbonyl (C=O) groups excluding carboxylic acids is 1. The molecular formula is C11H12N2OS. The molecule has 0 saturated heterocycles. The number of hydrogen-bond donors (Lipinski definition) is 1. The number of fused-ring (bicyclic) bond motifs is 1. The number of amides is 1. The molecule has 1 aliphatic heterocycles. The molecule has 0 radical (unpaired) electrons. The first kappa shape index (κ1) is 10.1. The van der Waals surface area contributed by atoms with Crippen LogP contribution >= 0.6 is 11.8 Å². The van der Waals surface area contributed by atoms with Gasteiger partial charge in [-0.2, -0.15) is 0 Å². The van der Waals surface area contributed by atoms with Crippen molar-refractivity contribution < 1.29 is 4.79 Å². The molecule has 78 valence electrons. The minimum absolute atomic E-state index is 0.00203. The number of nitrogens with zero attached hydrogens (tertiary/aromatic N) is 1. The predicted molar refractivity (Wildman–Crippen MR) is 62.7 cm³/mol. The first-order valence-electron chi connectivity index (χ1n) is 4.64. The molecule has 0 atom stereocenters. The lowest BCUT2D eigenvalue weighted by Crippen LogP contribution is -2.19. The quantitative estimate of drug-likeness (QED) is 0.736. The summed E-state index contributed by atoms with van der Waals surface area (Å²) in [5.41, 5.74) is 1.07. The topological polar surface area (TPSA) is 32.3 Å². The summed E-state index contributed by atoms with van der Waals surface area (Å²) >= 11 is 1.58. The molecule has 0 bridgehead atoms. The zero-order valence-electron chi connectivity index (χ0n) is 8.65. The maximum atomic E-state index is 11.4. The van der Waals surface area contributed by atoms with Crippen LogP contribution in [0.1, 0.15) is 0 Å². The third-order valence-corrected chi connectivity index (χ3v) is 3.08. The molecule has 0 aromatic heterocycles. The Morgan fingerprint density at radius 3 is 2.80 bits per heavy atom. The molecule has 1 aromatic carbocycles. The summed E-state index contributed by atoms with van der Waals surface area (Å²) in [5.74, 6) is -0.00203. The maximum absolute atomic E-state index is 11.4. The number of thioether (sulfide) groups is 1. The van der Waals surface area contributed by atoms with Crippen molar-refractivity contribution in [3.63, 3.8) is 0 Å². The highest BCUT2D eigenvalue weighted by Crippen LogP contribution is 2.40. The second-order valence-corrected chi connectivity index (χ2v) is 4.55. The van der Waals surface area contributed by atoms with E-state index in [0.29, 0.717) is 0 Å². The Kier molecular flexibility index (Phi) is 2.68. The Morgan fingerprint density at radius 2 is 2.13 bits per heavy atom. The zero-order chi connectivity index (χ0) is 10.8. The van der Waals surface area contributed by atoms with Crippen molar-refractivity contribution in [1.29, 1.82) is 0 Å². The van der Waals surface area contributed by atoms with Crippen LogP contribution in [0.15, 0.2) is 40.3 Å². The van der Waals surface area contributed by atoms with E-state index in [4.69, 9.17) is 0 Å². The molecule has 1 N–H and O–H groups in total. The number of likely N-dealkylation sites (N-methyl/N-ethyl adjacent to an activating group) is 1. The molecule has 1 aromatic rings. The average Bonchev–Trinajstić information content (AvgIpc) is 2.59. The van der Waals surface area contributed by atoms with Gasteiger partial charge in [-0.1, -0.05) is 23.9 Å². The normalized spacial score (nSPS) is 16.0. The summed E-state index contributed by atoms with van der Waals surface area (Å²) in [7, 11) is 3.48. The Labute approximate surface area is 93.2 Å². The van der Waals surface area contributed by atoms with Crippen LogP contribution in [0.4, 0.5) is 5.69 Å². The van der Waals surface area contributed by atoms with Gasteiger partial charge < -0.3 is 10.2 Å². The van der Waals surface area contributed by atoms with Crippen LogP contribution in [-0.4, -0.2) is 24.9 Å². The van der Waals surface area contributed by atoms with Crippen molar-refractivity contribution in [2.24, 2.45) is 0 Å². The third kappa shape index (κ3) is 2.15. The average molecular weight is 220 g/mol. The number of anilines is 1. The molecule has 15 heavy (non-hydrogen) atoms. The summed E-state index contributed by atoms with van der Waals surface area (Å²) in [5, 5.41) is 4.08. The van der Waals surface area contributed by atoms with E-state index in [1.54, 1.807) is 36.8 Å². The van der Waals surface area contributed by atoms with Crippen molar-refractivity contribution in [2.45, 2.75) is 4.90 Å². The van der Waals surface area contributed by atoms with E-state index in [2.05, 4.69) is 5.32 Å². The lowest BCUT2D eigenvalue weighted by Gasteiger charge is -2.06. The largest absolute Gasteiger partial charge is 0.349 e. The number of rotatable bonds is 1. The van der Waals surface area contributed by atoms with Crippen molar-refractivity contribution in [3.8, 4) is 0 Å². The molecule has 0 saturated carbocycles. The maximum Gasteiger partial charge on any atom is 0.248 e. The summed E-state index contributed by atoms with van der Waals surface area (Å²) in [4.78, 5) is 14.2. The van der Waals surface area contributed by atoms with Gasteiger partial charge in [-0.05, 0) is 12.1 Å². The summed E-state index contributed by atoms with van der Waals surface area (Å²) < 4.78 is 0. The second-order valence-electron chi connectivity index (χ2n) is 3.46. The fraction of sp³-hybridized carbons (Fsp3) is 0.182. The molecule has 1 amide bonds. The van der Waals surface area contributed by atoms with Crippen molar-refractivity contribution in [1.82, 2.24) is 4.90 Å². The van der Waals surface area contributed by atoms with E-state index in [-0.39, 0.29) is 5.91 Å².